The number of carbonyl (C=O) groups excluding carboxylic acids is 1. The standard InChI is InChI=1S/C23H28N6O4.2ClH/c24-19-4-2-16(12-27-19)20(30)28-9-6-23(7-10-28,21(31)32)14-33-18-3-1-15-5-8-29(22(25)26)13-17(15)11-18;;/h1-4,11-12H,5-10,13-14H2,(H2,24,27)(H3,25,26)(H,31,32);2*1H. The van der Waals surface area contributed by atoms with Crippen LogP contribution >= 0.6 is 24.8 Å². The van der Waals surface area contributed by atoms with Crippen LogP contribution in [0.4, 0.5) is 5.82 Å². The molecule has 1 aromatic carbocycles. The van der Waals surface area contributed by atoms with Gasteiger partial charge in [0.05, 0.1) is 5.56 Å². The lowest BCUT2D eigenvalue weighted by molar-refractivity contribution is -0.154. The van der Waals surface area contributed by atoms with E-state index in [1.807, 2.05) is 18.2 Å². The molecule has 12 heteroatoms. The predicted molar refractivity (Wildman–Crippen MR) is 136 cm³/mol. The molecule has 0 atom stereocenters. The van der Waals surface area contributed by atoms with Crippen LogP contribution in [-0.2, 0) is 17.8 Å². The fourth-order valence-electron chi connectivity index (χ4n) is 4.32. The Bertz CT molecular complexity index is 1070. The van der Waals surface area contributed by atoms with Crippen molar-refractivity contribution in [3.8, 4) is 5.75 Å². The molecule has 6 N–H and O–H groups in total. The number of nitrogens with zero attached hydrogens (tertiary/aromatic N) is 3. The molecule has 1 saturated heterocycles. The van der Waals surface area contributed by atoms with Crippen LogP contribution in [0.3, 0.4) is 0 Å². The van der Waals surface area contributed by atoms with Crippen LogP contribution in [0.1, 0.15) is 34.3 Å². The van der Waals surface area contributed by atoms with Crippen molar-refractivity contribution >= 4 is 48.5 Å². The summed E-state index contributed by atoms with van der Waals surface area (Å²) in [7, 11) is 0. The zero-order valence-electron chi connectivity index (χ0n) is 19.1. The minimum Gasteiger partial charge on any atom is -0.492 e. The van der Waals surface area contributed by atoms with Crippen molar-refractivity contribution in [3.63, 3.8) is 0 Å². The fourth-order valence-corrected chi connectivity index (χ4v) is 4.32. The molecule has 2 aliphatic rings. The Labute approximate surface area is 215 Å². The van der Waals surface area contributed by atoms with Gasteiger partial charge in [0.2, 0.25) is 0 Å². The number of carbonyl (C=O) groups is 2. The first-order valence-electron chi connectivity index (χ1n) is 10.9. The number of carboxylic acids is 1. The van der Waals surface area contributed by atoms with Crippen molar-refractivity contribution < 1.29 is 19.4 Å². The maximum Gasteiger partial charge on any atom is 0.313 e. The summed E-state index contributed by atoms with van der Waals surface area (Å²) in [6.07, 6.45) is 2.81. The summed E-state index contributed by atoms with van der Waals surface area (Å²) in [6.45, 7) is 1.88. The summed E-state index contributed by atoms with van der Waals surface area (Å²) in [5.41, 5.74) is 12.8. The summed E-state index contributed by atoms with van der Waals surface area (Å²) < 4.78 is 5.95. The van der Waals surface area contributed by atoms with Crippen molar-refractivity contribution in [2.24, 2.45) is 11.1 Å². The van der Waals surface area contributed by atoms with Gasteiger partial charge in [-0.2, -0.15) is 0 Å². The average molecular weight is 525 g/mol. The molecule has 0 radical (unpaired) electrons. The van der Waals surface area contributed by atoms with Gasteiger partial charge >= 0.3 is 5.97 Å². The number of hydrogen-bond acceptors (Lipinski definition) is 6. The highest BCUT2D eigenvalue weighted by molar-refractivity contribution is 5.94. The number of halogens is 2. The number of fused-ring (bicyclic) bond motifs is 1. The van der Waals surface area contributed by atoms with Crippen molar-refractivity contribution in [2.45, 2.75) is 25.8 Å². The third kappa shape index (κ3) is 6.07. The van der Waals surface area contributed by atoms with E-state index in [2.05, 4.69) is 4.98 Å². The number of hydrogen-bond donors (Lipinski definition) is 4. The number of aromatic nitrogens is 1. The number of nitrogen functional groups attached to an aromatic ring is 1. The number of likely N-dealkylation sites (tertiary alicyclic amines) is 1. The first-order valence-corrected chi connectivity index (χ1v) is 10.9. The van der Waals surface area contributed by atoms with E-state index >= 15 is 0 Å². The summed E-state index contributed by atoms with van der Waals surface area (Å²) in [6, 6.07) is 8.92. The Morgan fingerprint density at radius 3 is 2.40 bits per heavy atom. The second kappa shape index (κ2) is 11.5. The van der Waals surface area contributed by atoms with Crippen LogP contribution in [0.2, 0.25) is 0 Å². The minimum atomic E-state index is -1.07. The number of carboxylic acid groups (broad SMARTS) is 1. The van der Waals surface area contributed by atoms with Crippen molar-refractivity contribution in [1.29, 1.82) is 5.41 Å². The van der Waals surface area contributed by atoms with Crippen LogP contribution in [-0.4, -0.2) is 64.0 Å². The van der Waals surface area contributed by atoms with Crippen molar-refractivity contribution in [2.75, 3.05) is 32.0 Å². The maximum atomic E-state index is 12.7. The highest BCUT2D eigenvalue weighted by Gasteiger charge is 2.43. The number of nitrogens with one attached hydrogen (secondary N) is 1. The van der Waals surface area contributed by atoms with Gasteiger partial charge in [0.15, 0.2) is 5.96 Å². The van der Waals surface area contributed by atoms with E-state index in [0.717, 1.165) is 12.0 Å². The minimum absolute atomic E-state index is 0. The predicted octanol–water partition coefficient (Wildman–Crippen LogP) is 2.14. The van der Waals surface area contributed by atoms with Crippen molar-refractivity contribution in [3.05, 3.63) is 53.2 Å². The largest absolute Gasteiger partial charge is 0.492 e. The Hall–Kier alpha value is -3.24. The Morgan fingerprint density at radius 2 is 1.80 bits per heavy atom. The van der Waals surface area contributed by atoms with Gasteiger partial charge < -0.3 is 31.1 Å². The number of amides is 1. The molecule has 1 aromatic heterocycles. The molecular weight excluding hydrogens is 495 g/mol. The lowest BCUT2D eigenvalue weighted by atomic mass is 9.79. The quantitative estimate of drug-likeness (QED) is 0.341. The number of pyridine rings is 1. The van der Waals surface area contributed by atoms with Crippen LogP contribution in [0, 0.1) is 10.8 Å². The zero-order valence-corrected chi connectivity index (χ0v) is 20.7. The molecule has 35 heavy (non-hydrogen) atoms. The number of benzene rings is 1. The van der Waals surface area contributed by atoms with Gasteiger partial charge in [-0.3, -0.25) is 15.0 Å². The normalized spacial score (nSPS) is 16.2. The second-order valence-corrected chi connectivity index (χ2v) is 8.63. The molecule has 10 nitrogen and oxygen atoms in total. The van der Waals surface area contributed by atoms with Gasteiger partial charge in [0, 0.05) is 32.4 Å². The number of aliphatic carboxylic acids is 1. The summed E-state index contributed by atoms with van der Waals surface area (Å²) >= 11 is 0. The van der Waals surface area contributed by atoms with Crippen LogP contribution < -0.4 is 16.2 Å². The molecule has 2 aromatic rings. The number of guanidine groups is 1. The average Bonchev–Trinajstić information content (AvgIpc) is 2.82. The highest BCUT2D eigenvalue weighted by Crippen LogP contribution is 2.34. The molecule has 1 fully saturated rings. The number of rotatable bonds is 5. The number of anilines is 1. The molecule has 0 saturated carbocycles. The van der Waals surface area contributed by atoms with E-state index in [9.17, 15) is 14.7 Å². The molecule has 0 spiro atoms. The number of ether oxygens (including phenoxy) is 1. The van der Waals surface area contributed by atoms with E-state index in [-0.39, 0.29) is 43.3 Å². The summed E-state index contributed by atoms with van der Waals surface area (Å²) in [4.78, 5) is 32.3. The van der Waals surface area contributed by atoms with E-state index in [1.165, 1.54) is 11.8 Å². The lowest BCUT2D eigenvalue weighted by Crippen LogP contribution is -2.49. The number of piperidine rings is 1. The molecule has 2 aliphatic heterocycles. The fraction of sp³-hybridized carbons (Fsp3) is 0.391. The molecular formula is C23H30Cl2N6O4. The molecule has 190 valence electrons. The first-order chi connectivity index (χ1) is 15.8. The van der Waals surface area contributed by atoms with Crippen LogP contribution in [0.15, 0.2) is 36.5 Å². The maximum absolute atomic E-state index is 12.7. The second-order valence-electron chi connectivity index (χ2n) is 8.63. The third-order valence-corrected chi connectivity index (χ3v) is 6.54. The summed E-state index contributed by atoms with van der Waals surface area (Å²) in [5, 5.41) is 17.6. The van der Waals surface area contributed by atoms with Crippen LogP contribution in [0.5, 0.6) is 5.75 Å². The van der Waals surface area contributed by atoms with E-state index in [0.29, 0.717) is 56.2 Å². The summed E-state index contributed by atoms with van der Waals surface area (Å²) in [5.74, 6) is -0.154. The molecule has 3 heterocycles. The lowest BCUT2D eigenvalue weighted by Gasteiger charge is -2.38. The molecule has 4 rings (SSSR count). The van der Waals surface area contributed by atoms with Crippen molar-refractivity contribution in [1.82, 2.24) is 14.8 Å². The highest BCUT2D eigenvalue weighted by atomic mass is 35.5. The Balaban J connectivity index is 0.00000216. The molecule has 0 bridgehead atoms. The topological polar surface area (TPSA) is 159 Å². The third-order valence-electron chi connectivity index (χ3n) is 6.54. The van der Waals surface area contributed by atoms with Gasteiger partial charge in [-0.05, 0) is 54.7 Å². The monoisotopic (exact) mass is 524 g/mol. The Kier molecular flexibility index (Phi) is 9.17. The number of nitrogens with two attached hydrogens (primary N) is 2. The van der Waals surface area contributed by atoms with Crippen LogP contribution in [0.25, 0.3) is 0 Å². The van der Waals surface area contributed by atoms with Gasteiger partial charge in [0.1, 0.15) is 23.6 Å². The molecule has 0 unspecified atom stereocenters. The van der Waals surface area contributed by atoms with E-state index in [4.69, 9.17) is 21.6 Å². The van der Waals surface area contributed by atoms with Gasteiger partial charge in [-0.15, -0.1) is 24.8 Å². The first kappa shape index (κ1) is 28.0. The van der Waals surface area contributed by atoms with Gasteiger partial charge in [-0.25, -0.2) is 4.98 Å². The zero-order chi connectivity index (χ0) is 23.6. The van der Waals surface area contributed by atoms with Gasteiger partial charge in [0.25, 0.3) is 5.91 Å². The molecule has 0 aliphatic carbocycles. The van der Waals surface area contributed by atoms with Gasteiger partial charge in [-0.1, -0.05) is 6.07 Å². The Morgan fingerprint density at radius 1 is 1.09 bits per heavy atom. The van der Waals surface area contributed by atoms with E-state index < -0.39 is 11.4 Å². The smallest absolute Gasteiger partial charge is 0.313 e. The van der Waals surface area contributed by atoms with E-state index in [1.54, 1.807) is 21.9 Å². The molecule has 1 amide bonds. The SMILES string of the molecule is Cl.Cl.N=C(N)N1CCc2ccc(OCC3(C(=O)O)CCN(C(=O)c4ccc(N)nc4)CC3)cc2C1.